The molecule has 0 atom stereocenters. The highest BCUT2D eigenvalue weighted by molar-refractivity contribution is 5.89. The predicted molar refractivity (Wildman–Crippen MR) is 83.4 cm³/mol. The van der Waals surface area contributed by atoms with Gasteiger partial charge in [-0.05, 0) is 30.7 Å². The van der Waals surface area contributed by atoms with Crippen LogP contribution in [0.15, 0.2) is 36.5 Å². The summed E-state index contributed by atoms with van der Waals surface area (Å²) in [5.74, 6) is 0.619. The van der Waals surface area contributed by atoms with Crippen LogP contribution in [0.2, 0.25) is 0 Å². The number of anilines is 2. The van der Waals surface area contributed by atoms with Crippen molar-refractivity contribution in [3.05, 3.63) is 47.8 Å². The minimum Gasteiger partial charge on any atom is -0.347 e. The Morgan fingerprint density at radius 1 is 1.29 bits per heavy atom. The maximum absolute atomic E-state index is 11.8. The number of rotatable bonds is 4. The highest BCUT2D eigenvalue weighted by Gasteiger charge is 2.04. The van der Waals surface area contributed by atoms with Crippen molar-refractivity contribution in [2.24, 2.45) is 0 Å². The van der Waals surface area contributed by atoms with Crippen LogP contribution in [-0.2, 0) is 6.54 Å². The first-order valence-corrected chi connectivity index (χ1v) is 6.65. The molecule has 0 saturated carbocycles. The summed E-state index contributed by atoms with van der Waals surface area (Å²) in [7, 11) is 3.74. The molecule has 2 N–H and O–H groups in total. The second kappa shape index (κ2) is 6.69. The highest BCUT2D eigenvalue weighted by Crippen LogP contribution is 2.09. The molecule has 0 aliphatic carbocycles. The minimum atomic E-state index is -0.259. The Morgan fingerprint density at radius 2 is 2.10 bits per heavy atom. The van der Waals surface area contributed by atoms with Crippen LogP contribution in [-0.4, -0.2) is 30.1 Å². The molecule has 0 radical (unpaired) electrons. The lowest BCUT2D eigenvalue weighted by molar-refractivity contribution is 0.251. The third kappa shape index (κ3) is 4.45. The van der Waals surface area contributed by atoms with Gasteiger partial charge in [0.15, 0.2) is 0 Å². The monoisotopic (exact) mass is 285 g/mol. The number of amides is 2. The average Bonchev–Trinajstić information content (AvgIpc) is 2.45. The Bertz CT molecular complexity index is 627. The van der Waals surface area contributed by atoms with Crippen molar-refractivity contribution >= 4 is 17.7 Å². The molecule has 0 unspecified atom stereocenters. The predicted octanol–water partition coefficient (Wildman–Crippen LogP) is 2.17. The lowest BCUT2D eigenvalue weighted by Crippen LogP contribution is -2.28. The molecule has 0 saturated heterocycles. The van der Waals surface area contributed by atoms with Crippen LogP contribution in [0.25, 0.3) is 0 Å². The van der Waals surface area contributed by atoms with E-state index in [4.69, 9.17) is 0 Å². The molecular weight excluding hydrogens is 266 g/mol. The van der Waals surface area contributed by atoms with Gasteiger partial charge in [0.1, 0.15) is 0 Å². The van der Waals surface area contributed by atoms with Crippen LogP contribution in [0.1, 0.15) is 11.3 Å². The first-order chi connectivity index (χ1) is 10.0. The summed E-state index contributed by atoms with van der Waals surface area (Å²) in [6, 6.07) is 9.16. The number of hydrogen-bond donors (Lipinski definition) is 2. The minimum absolute atomic E-state index is 0.259. The van der Waals surface area contributed by atoms with Gasteiger partial charge in [0.05, 0.1) is 12.2 Å². The lowest BCUT2D eigenvalue weighted by atomic mass is 10.2. The van der Waals surface area contributed by atoms with E-state index in [0.717, 1.165) is 16.9 Å². The Hall–Kier alpha value is -2.63. The molecule has 0 spiro atoms. The van der Waals surface area contributed by atoms with Crippen LogP contribution in [0, 0.1) is 6.92 Å². The number of carbonyl (C=O) groups is 1. The van der Waals surface area contributed by atoms with Gasteiger partial charge < -0.3 is 15.5 Å². The molecule has 0 fully saturated rings. The molecule has 0 aliphatic rings. The summed E-state index contributed by atoms with van der Waals surface area (Å²) < 4.78 is 0. The Morgan fingerprint density at radius 3 is 2.81 bits per heavy atom. The lowest BCUT2D eigenvalue weighted by Gasteiger charge is -2.11. The van der Waals surface area contributed by atoms with E-state index in [0.29, 0.717) is 12.5 Å². The van der Waals surface area contributed by atoms with Gasteiger partial charge in [0.25, 0.3) is 0 Å². The van der Waals surface area contributed by atoms with Crippen molar-refractivity contribution in [2.75, 3.05) is 24.3 Å². The summed E-state index contributed by atoms with van der Waals surface area (Å²) in [4.78, 5) is 22.1. The molecule has 110 valence electrons. The fraction of sp³-hybridized carbons (Fsp3) is 0.267. The summed E-state index contributed by atoms with van der Waals surface area (Å²) in [6.07, 6.45) is 1.68. The van der Waals surface area contributed by atoms with Crippen LogP contribution in [0.3, 0.4) is 0 Å². The van der Waals surface area contributed by atoms with Crippen molar-refractivity contribution in [1.82, 2.24) is 15.3 Å². The number of aryl methyl sites for hydroxylation is 1. The molecule has 1 heterocycles. The van der Waals surface area contributed by atoms with Gasteiger partial charge >= 0.3 is 6.03 Å². The van der Waals surface area contributed by atoms with Crippen LogP contribution in [0.4, 0.5) is 16.4 Å². The number of urea groups is 1. The quantitative estimate of drug-likeness (QED) is 0.903. The zero-order valence-electron chi connectivity index (χ0n) is 12.4. The molecular formula is C15H19N5O. The van der Waals surface area contributed by atoms with Crippen molar-refractivity contribution in [3.8, 4) is 0 Å². The topological polar surface area (TPSA) is 70.2 Å². The standard InChI is InChI=1S/C15H19N5O/c1-11-5-4-6-12(9-11)19-15(21)17-10-13-7-8-16-14(18-13)20(2)3/h4-9H,10H2,1-3H3,(H2,17,19,21). The zero-order chi connectivity index (χ0) is 15.2. The SMILES string of the molecule is Cc1cccc(NC(=O)NCc2ccnc(N(C)C)n2)c1. The molecule has 6 heteroatoms. The maximum Gasteiger partial charge on any atom is 0.319 e. The van der Waals surface area contributed by atoms with Crippen molar-refractivity contribution < 1.29 is 4.79 Å². The molecule has 1 aromatic carbocycles. The number of nitrogens with one attached hydrogen (secondary N) is 2. The molecule has 21 heavy (non-hydrogen) atoms. The molecule has 2 aromatic rings. The Balaban J connectivity index is 1.90. The number of hydrogen-bond acceptors (Lipinski definition) is 4. The van der Waals surface area contributed by atoms with E-state index in [1.54, 1.807) is 12.3 Å². The fourth-order valence-corrected chi connectivity index (χ4v) is 1.77. The maximum atomic E-state index is 11.8. The van der Waals surface area contributed by atoms with Crippen LogP contribution >= 0.6 is 0 Å². The number of carbonyl (C=O) groups excluding carboxylic acids is 1. The van der Waals surface area contributed by atoms with E-state index in [2.05, 4.69) is 20.6 Å². The first kappa shape index (κ1) is 14.8. The average molecular weight is 285 g/mol. The first-order valence-electron chi connectivity index (χ1n) is 6.65. The van der Waals surface area contributed by atoms with Gasteiger partial charge in [0.2, 0.25) is 5.95 Å². The van der Waals surface area contributed by atoms with Crippen molar-refractivity contribution in [1.29, 1.82) is 0 Å². The van der Waals surface area contributed by atoms with E-state index in [9.17, 15) is 4.79 Å². The smallest absolute Gasteiger partial charge is 0.319 e. The van der Waals surface area contributed by atoms with Crippen molar-refractivity contribution in [2.45, 2.75) is 13.5 Å². The van der Waals surface area contributed by atoms with Gasteiger partial charge in [-0.25, -0.2) is 14.8 Å². The summed E-state index contributed by atoms with van der Waals surface area (Å²) in [5, 5.41) is 5.56. The van der Waals surface area contributed by atoms with Gasteiger partial charge in [0, 0.05) is 26.0 Å². The van der Waals surface area contributed by atoms with E-state index < -0.39 is 0 Å². The summed E-state index contributed by atoms with van der Waals surface area (Å²) in [6.45, 7) is 2.33. The fourth-order valence-electron chi connectivity index (χ4n) is 1.77. The summed E-state index contributed by atoms with van der Waals surface area (Å²) >= 11 is 0. The molecule has 0 aliphatic heterocycles. The third-order valence-electron chi connectivity index (χ3n) is 2.81. The normalized spacial score (nSPS) is 10.0. The van der Waals surface area contributed by atoms with E-state index in [1.165, 1.54) is 0 Å². The second-order valence-electron chi connectivity index (χ2n) is 4.92. The van der Waals surface area contributed by atoms with Gasteiger partial charge in [-0.1, -0.05) is 12.1 Å². The number of nitrogens with zero attached hydrogens (tertiary/aromatic N) is 3. The van der Waals surface area contributed by atoms with E-state index in [-0.39, 0.29) is 6.03 Å². The van der Waals surface area contributed by atoms with Crippen molar-refractivity contribution in [3.63, 3.8) is 0 Å². The number of benzene rings is 1. The van der Waals surface area contributed by atoms with E-state index >= 15 is 0 Å². The number of aromatic nitrogens is 2. The van der Waals surface area contributed by atoms with E-state index in [1.807, 2.05) is 50.2 Å². The molecule has 2 rings (SSSR count). The highest BCUT2D eigenvalue weighted by atomic mass is 16.2. The van der Waals surface area contributed by atoms with Crippen LogP contribution < -0.4 is 15.5 Å². The van der Waals surface area contributed by atoms with Gasteiger partial charge in [-0.15, -0.1) is 0 Å². The zero-order valence-corrected chi connectivity index (χ0v) is 12.4. The second-order valence-corrected chi connectivity index (χ2v) is 4.92. The molecule has 6 nitrogen and oxygen atoms in total. The molecule has 1 aromatic heterocycles. The van der Waals surface area contributed by atoms with Crippen LogP contribution in [0.5, 0.6) is 0 Å². The third-order valence-corrected chi connectivity index (χ3v) is 2.81. The van der Waals surface area contributed by atoms with Gasteiger partial charge in [-0.2, -0.15) is 0 Å². The molecule has 0 bridgehead atoms. The summed E-state index contributed by atoms with van der Waals surface area (Å²) in [5.41, 5.74) is 2.62. The largest absolute Gasteiger partial charge is 0.347 e. The van der Waals surface area contributed by atoms with Gasteiger partial charge in [-0.3, -0.25) is 0 Å². The molecule has 2 amide bonds. The Labute approximate surface area is 124 Å². The Kier molecular flexibility index (Phi) is 4.71.